The maximum Gasteiger partial charge on any atom is 0.0938 e. The van der Waals surface area contributed by atoms with Crippen LogP contribution in [-0.4, -0.2) is 47.0 Å². The fourth-order valence-corrected chi connectivity index (χ4v) is 1.97. The summed E-state index contributed by atoms with van der Waals surface area (Å²) in [4.78, 5) is 2.15. The SMILES string of the molecule is CCCCCCCN1C[C@@H](O)[C@@H](O)C1. The van der Waals surface area contributed by atoms with Crippen molar-refractivity contribution in [3.05, 3.63) is 0 Å². The molecule has 1 fully saturated rings. The summed E-state index contributed by atoms with van der Waals surface area (Å²) in [6.07, 6.45) is 5.34. The molecule has 0 unspecified atom stereocenters. The van der Waals surface area contributed by atoms with E-state index in [2.05, 4.69) is 11.8 Å². The van der Waals surface area contributed by atoms with E-state index in [1.807, 2.05) is 0 Å². The Labute approximate surface area is 86.7 Å². The highest BCUT2D eigenvalue weighted by molar-refractivity contribution is 4.82. The zero-order valence-electron chi connectivity index (χ0n) is 9.15. The summed E-state index contributed by atoms with van der Waals surface area (Å²) in [6, 6.07) is 0. The van der Waals surface area contributed by atoms with Gasteiger partial charge in [0, 0.05) is 13.1 Å². The Kier molecular flexibility index (Phi) is 5.45. The number of aliphatic hydroxyl groups is 2. The van der Waals surface area contributed by atoms with E-state index < -0.39 is 12.2 Å². The van der Waals surface area contributed by atoms with E-state index in [9.17, 15) is 10.2 Å². The van der Waals surface area contributed by atoms with E-state index in [1.165, 1.54) is 32.1 Å². The van der Waals surface area contributed by atoms with Gasteiger partial charge < -0.3 is 10.2 Å². The summed E-state index contributed by atoms with van der Waals surface area (Å²) < 4.78 is 0. The van der Waals surface area contributed by atoms with Gasteiger partial charge in [-0.15, -0.1) is 0 Å². The topological polar surface area (TPSA) is 43.7 Å². The molecule has 2 N–H and O–H groups in total. The van der Waals surface area contributed by atoms with E-state index in [-0.39, 0.29) is 0 Å². The minimum absolute atomic E-state index is 0.523. The first-order chi connectivity index (χ1) is 6.74. The molecule has 1 heterocycles. The summed E-state index contributed by atoms with van der Waals surface area (Å²) in [6.45, 7) is 4.54. The highest BCUT2D eigenvalue weighted by atomic mass is 16.3. The highest BCUT2D eigenvalue weighted by Gasteiger charge is 2.28. The van der Waals surface area contributed by atoms with Gasteiger partial charge in [0.2, 0.25) is 0 Å². The van der Waals surface area contributed by atoms with Crippen molar-refractivity contribution >= 4 is 0 Å². The molecule has 0 aromatic carbocycles. The number of unbranched alkanes of at least 4 members (excludes halogenated alkanes) is 4. The summed E-state index contributed by atoms with van der Waals surface area (Å²) >= 11 is 0. The first-order valence-corrected chi connectivity index (χ1v) is 5.82. The molecule has 1 saturated heterocycles. The lowest BCUT2D eigenvalue weighted by Crippen LogP contribution is -2.23. The molecule has 1 aliphatic heterocycles. The number of rotatable bonds is 6. The lowest BCUT2D eigenvalue weighted by atomic mass is 10.1. The number of hydrogen-bond donors (Lipinski definition) is 2. The quantitative estimate of drug-likeness (QED) is 0.630. The molecular weight excluding hydrogens is 178 g/mol. The summed E-state index contributed by atoms with van der Waals surface area (Å²) in [5.41, 5.74) is 0. The molecule has 0 aromatic heterocycles. The highest BCUT2D eigenvalue weighted by Crippen LogP contribution is 2.11. The van der Waals surface area contributed by atoms with Crippen molar-refractivity contribution in [2.45, 2.75) is 51.2 Å². The largest absolute Gasteiger partial charge is 0.389 e. The Morgan fingerprint density at radius 3 is 2.14 bits per heavy atom. The number of β-amino-alcohol motifs (C(OH)–C–C–N with tert-alkyl or cyclic N) is 2. The van der Waals surface area contributed by atoms with Gasteiger partial charge in [0.25, 0.3) is 0 Å². The second kappa shape index (κ2) is 6.38. The average Bonchev–Trinajstić information content (AvgIpc) is 2.46. The Bertz CT molecular complexity index is 142. The molecule has 84 valence electrons. The first-order valence-electron chi connectivity index (χ1n) is 5.82. The first kappa shape index (κ1) is 12.0. The second-order valence-electron chi connectivity index (χ2n) is 4.31. The normalized spacial score (nSPS) is 28.5. The van der Waals surface area contributed by atoms with Crippen molar-refractivity contribution in [1.29, 1.82) is 0 Å². The molecule has 0 bridgehead atoms. The lowest BCUT2D eigenvalue weighted by molar-refractivity contribution is 0.0572. The Balaban J connectivity index is 1.97. The van der Waals surface area contributed by atoms with Gasteiger partial charge in [-0.25, -0.2) is 0 Å². The van der Waals surface area contributed by atoms with Crippen molar-refractivity contribution in [2.75, 3.05) is 19.6 Å². The van der Waals surface area contributed by atoms with Crippen molar-refractivity contribution < 1.29 is 10.2 Å². The number of aliphatic hydroxyl groups excluding tert-OH is 2. The molecule has 2 atom stereocenters. The van der Waals surface area contributed by atoms with Crippen LogP contribution in [0.25, 0.3) is 0 Å². The number of nitrogens with zero attached hydrogens (tertiary/aromatic N) is 1. The van der Waals surface area contributed by atoms with Crippen LogP contribution >= 0.6 is 0 Å². The van der Waals surface area contributed by atoms with E-state index in [1.54, 1.807) is 0 Å². The summed E-state index contributed by atoms with van der Waals surface area (Å²) in [7, 11) is 0. The van der Waals surface area contributed by atoms with Gasteiger partial charge in [-0.3, -0.25) is 4.90 Å². The fourth-order valence-electron chi connectivity index (χ4n) is 1.97. The molecular formula is C11H23NO2. The van der Waals surface area contributed by atoms with Crippen LogP contribution < -0.4 is 0 Å². The summed E-state index contributed by atoms with van der Waals surface area (Å²) in [5, 5.41) is 18.6. The average molecular weight is 201 g/mol. The van der Waals surface area contributed by atoms with Gasteiger partial charge in [0.15, 0.2) is 0 Å². The number of likely N-dealkylation sites (tertiary alicyclic amines) is 1. The monoisotopic (exact) mass is 201 g/mol. The van der Waals surface area contributed by atoms with Gasteiger partial charge in [0.1, 0.15) is 0 Å². The molecule has 0 aliphatic carbocycles. The second-order valence-corrected chi connectivity index (χ2v) is 4.31. The predicted molar refractivity (Wildman–Crippen MR) is 57.2 cm³/mol. The molecule has 0 saturated carbocycles. The molecule has 1 aliphatic rings. The van der Waals surface area contributed by atoms with E-state index >= 15 is 0 Å². The Morgan fingerprint density at radius 1 is 1.00 bits per heavy atom. The zero-order valence-corrected chi connectivity index (χ0v) is 9.15. The van der Waals surface area contributed by atoms with Crippen LogP contribution in [0.2, 0.25) is 0 Å². The van der Waals surface area contributed by atoms with Gasteiger partial charge in [-0.1, -0.05) is 32.6 Å². The molecule has 0 aromatic rings. The molecule has 1 rings (SSSR count). The van der Waals surface area contributed by atoms with Crippen molar-refractivity contribution in [2.24, 2.45) is 0 Å². The Hall–Kier alpha value is -0.120. The molecule has 0 spiro atoms. The van der Waals surface area contributed by atoms with E-state index in [0.717, 1.165) is 6.54 Å². The van der Waals surface area contributed by atoms with E-state index in [4.69, 9.17) is 0 Å². The third kappa shape index (κ3) is 3.95. The van der Waals surface area contributed by atoms with Crippen LogP contribution in [-0.2, 0) is 0 Å². The number of hydrogen-bond acceptors (Lipinski definition) is 3. The smallest absolute Gasteiger partial charge is 0.0938 e. The van der Waals surface area contributed by atoms with Crippen molar-refractivity contribution in [3.63, 3.8) is 0 Å². The maximum atomic E-state index is 9.32. The van der Waals surface area contributed by atoms with Crippen LogP contribution in [0.3, 0.4) is 0 Å². The van der Waals surface area contributed by atoms with Gasteiger partial charge in [0.05, 0.1) is 12.2 Å². The molecule has 0 amide bonds. The van der Waals surface area contributed by atoms with Crippen LogP contribution in [0, 0.1) is 0 Å². The van der Waals surface area contributed by atoms with Crippen LogP contribution in [0.15, 0.2) is 0 Å². The van der Waals surface area contributed by atoms with Crippen molar-refractivity contribution in [3.8, 4) is 0 Å². The molecule has 14 heavy (non-hydrogen) atoms. The molecule has 0 radical (unpaired) electrons. The minimum Gasteiger partial charge on any atom is -0.389 e. The Morgan fingerprint density at radius 2 is 1.57 bits per heavy atom. The molecule has 3 nitrogen and oxygen atoms in total. The van der Waals surface area contributed by atoms with Gasteiger partial charge in [-0.2, -0.15) is 0 Å². The zero-order chi connectivity index (χ0) is 10.4. The summed E-state index contributed by atoms with van der Waals surface area (Å²) in [5.74, 6) is 0. The van der Waals surface area contributed by atoms with Crippen molar-refractivity contribution in [1.82, 2.24) is 4.90 Å². The lowest BCUT2D eigenvalue weighted by Gasteiger charge is -2.13. The minimum atomic E-state index is -0.523. The van der Waals surface area contributed by atoms with E-state index in [0.29, 0.717) is 13.1 Å². The van der Waals surface area contributed by atoms with Crippen LogP contribution in [0.1, 0.15) is 39.0 Å². The maximum absolute atomic E-state index is 9.32. The molecule has 3 heteroatoms. The third-order valence-electron chi connectivity index (χ3n) is 2.91. The predicted octanol–water partition coefficient (Wildman–Crippen LogP) is 0.994. The van der Waals surface area contributed by atoms with Gasteiger partial charge in [-0.05, 0) is 13.0 Å². The van der Waals surface area contributed by atoms with Gasteiger partial charge >= 0.3 is 0 Å². The fraction of sp³-hybridized carbons (Fsp3) is 1.00. The standard InChI is InChI=1S/C11H23NO2/c1-2-3-4-5-6-7-12-8-10(13)11(14)9-12/h10-11,13-14H,2-9H2,1H3/t10-,11+. The van der Waals surface area contributed by atoms with Crippen LogP contribution in [0.4, 0.5) is 0 Å². The third-order valence-corrected chi connectivity index (χ3v) is 2.91. The van der Waals surface area contributed by atoms with Crippen LogP contribution in [0.5, 0.6) is 0 Å².